The van der Waals surface area contributed by atoms with Gasteiger partial charge in [0.2, 0.25) is 0 Å². The maximum atomic E-state index is 13.2. The largest absolute Gasteiger partial charge is 0.479 e. The molecule has 1 saturated heterocycles. The summed E-state index contributed by atoms with van der Waals surface area (Å²) in [6.45, 7) is 5.65. The Morgan fingerprint density at radius 2 is 0.776 bits per heavy atom. The van der Waals surface area contributed by atoms with Gasteiger partial charge in [-0.2, -0.15) is 0 Å². The van der Waals surface area contributed by atoms with Crippen LogP contribution in [0, 0.1) is 0 Å². The third kappa shape index (κ3) is 48.2. The fraction of sp³-hybridized carbons (Fsp3) is 0.589. The molecule has 6 atom stereocenters. The number of unbranched alkanes of at least 4 members (excludes halogenated alkanes) is 13. The van der Waals surface area contributed by atoms with Crippen LogP contribution < -0.4 is 0 Å². The Bertz CT molecular complexity index is 2080. The van der Waals surface area contributed by atoms with Crippen LogP contribution in [-0.2, 0) is 42.9 Å². The van der Waals surface area contributed by atoms with E-state index in [1.165, 1.54) is 51.4 Å². The molecule has 1 aliphatic heterocycles. The lowest BCUT2D eigenvalue weighted by atomic mass is 9.98. The van der Waals surface area contributed by atoms with Crippen molar-refractivity contribution >= 4 is 23.9 Å². The molecule has 12 heteroatoms. The van der Waals surface area contributed by atoms with Gasteiger partial charge in [0.05, 0.1) is 6.61 Å². The molecule has 0 bridgehead atoms. The number of carbonyl (C=O) groups is 4. The zero-order valence-corrected chi connectivity index (χ0v) is 52.5. The molecule has 6 unspecified atom stereocenters. The Morgan fingerprint density at radius 1 is 0.400 bits per heavy atom. The number of aliphatic hydroxyl groups excluding tert-OH is 2. The third-order valence-corrected chi connectivity index (χ3v) is 13.6. The van der Waals surface area contributed by atoms with Crippen molar-refractivity contribution in [3.63, 3.8) is 0 Å². The van der Waals surface area contributed by atoms with Crippen molar-refractivity contribution in [2.45, 2.75) is 263 Å². The van der Waals surface area contributed by atoms with Gasteiger partial charge in [-0.25, -0.2) is 4.79 Å². The van der Waals surface area contributed by atoms with Crippen LogP contribution in [0.15, 0.2) is 158 Å². The van der Waals surface area contributed by atoms with Gasteiger partial charge in [0.1, 0.15) is 18.8 Å². The molecular weight excluding hydrogens is 1070 g/mol. The molecule has 1 aliphatic rings. The second-order valence-electron chi connectivity index (χ2n) is 21.3. The van der Waals surface area contributed by atoms with Gasteiger partial charge >= 0.3 is 23.9 Å². The second kappa shape index (κ2) is 58.7. The van der Waals surface area contributed by atoms with E-state index in [4.69, 9.17) is 23.7 Å². The number of aliphatic carboxylic acids is 1. The quantitative estimate of drug-likeness (QED) is 0.0228. The summed E-state index contributed by atoms with van der Waals surface area (Å²) in [5.74, 6) is -3.34. The first-order valence-electron chi connectivity index (χ1n) is 32.5. The van der Waals surface area contributed by atoms with Crippen LogP contribution in [0.4, 0.5) is 0 Å². The number of ether oxygens (including phenoxy) is 5. The van der Waals surface area contributed by atoms with Gasteiger partial charge in [-0.15, -0.1) is 0 Å². The summed E-state index contributed by atoms with van der Waals surface area (Å²) >= 11 is 0. The number of rotatable bonds is 53. The van der Waals surface area contributed by atoms with Crippen molar-refractivity contribution < 1.29 is 58.2 Å². The summed E-state index contributed by atoms with van der Waals surface area (Å²) in [6.07, 6.45) is 73.6. The maximum absolute atomic E-state index is 13.2. The van der Waals surface area contributed by atoms with Gasteiger partial charge in [0.25, 0.3) is 0 Å². The van der Waals surface area contributed by atoms with Crippen molar-refractivity contribution in [3.8, 4) is 0 Å². The van der Waals surface area contributed by atoms with Crippen molar-refractivity contribution in [3.05, 3.63) is 158 Å². The zero-order chi connectivity index (χ0) is 61.7. The standard InChI is InChI=1S/C73H112O12/c1-4-7-10-13-16-19-22-25-28-31-33-36-38-41-44-47-50-53-56-59-65(74)81-62-64(83-66(75)60-57-54-51-48-45-42-40-37-34-32-29-26-23-20-17-14-11-8-5-2)63-82-73-71(69(78)68(77)70(85-73)72(79)80)84-67(76)61-58-55-52-49-46-43-39-35-30-27-24-21-18-15-12-9-6-3/h7,9-10,12,16-21,25-30,33,36,39,41,43-44,49-50,52-53,64,68-71,73,77-78H,4-6,8,11,13-15,22-24,31-32,34-35,37-38,40,42,45-48,51,54-63H2,1-3H3,(H,79,80)/b10-7-,12-9-,19-16-,20-17-,21-18-,28-25-,29-26-,30-27-,36-33-,43-39-,44-41-,52-49-,53-50-. The van der Waals surface area contributed by atoms with E-state index in [1.54, 1.807) is 0 Å². The van der Waals surface area contributed by atoms with E-state index in [0.717, 1.165) is 103 Å². The van der Waals surface area contributed by atoms with E-state index < -0.39 is 67.3 Å². The lowest BCUT2D eigenvalue weighted by Crippen LogP contribution is -2.61. The Kier molecular flexibility index (Phi) is 53.4. The molecule has 0 radical (unpaired) electrons. The number of esters is 3. The number of hydrogen-bond donors (Lipinski definition) is 3. The van der Waals surface area contributed by atoms with Crippen LogP contribution in [-0.4, -0.2) is 89.2 Å². The lowest BCUT2D eigenvalue weighted by Gasteiger charge is -2.40. The molecule has 0 aliphatic carbocycles. The first-order valence-corrected chi connectivity index (χ1v) is 32.5. The minimum Gasteiger partial charge on any atom is -0.479 e. The van der Waals surface area contributed by atoms with Gasteiger partial charge in [0.15, 0.2) is 24.6 Å². The zero-order valence-electron chi connectivity index (χ0n) is 52.5. The molecular formula is C73H112O12. The summed E-state index contributed by atoms with van der Waals surface area (Å²) < 4.78 is 28.4. The first-order chi connectivity index (χ1) is 41.6. The summed E-state index contributed by atoms with van der Waals surface area (Å²) in [5, 5.41) is 31.6. The van der Waals surface area contributed by atoms with Gasteiger partial charge in [-0.1, -0.05) is 237 Å². The third-order valence-electron chi connectivity index (χ3n) is 13.6. The average Bonchev–Trinajstić information content (AvgIpc) is 3.46. The van der Waals surface area contributed by atoms with Crippen LogP contribution in [0.5, 0.6) is 0 Å². The number of carboxylic acid groups (broad SMARTS) is 1. The van der Waals surface area contributed by atoms with E-state index in [1.807, 2.05) is 24.3 Å². The highest BCUT2D eigenvalue weighted by Crippen LogP contribution is 2.26. The van der Waals surface area contributed by atoms with E-state index in [-0.39, 0.29) is 25.9 Å². The number of allylic oxidation sites excluding steroid dienone is 26. The van der Waals surface area contributed by atoms with Crippen molar-refractivity contribution in [1.29, 1.82) is 0 Å². The van der Waals surface area contributed by atoms with E-state index in [9.17, 15) is 34.5 Å². The smallest absolute Gasteiger partial charge is 0.335 e. The molecule has 1 heterocycles. The predicted octanol–water partition coefficient (Wildman–Crippen LogP) is 17.7. The average molecular weight is 1180 g/mol. The minimum absolute atomic E-state index is 0.0343. The molecule has 476 valence electrons. The highest BCUT2D eigenvalue weighted by atomic mass is 16.7. The molecule has 0 saturated carbocycles. The topological polar surface area (TPSA) is 175 Å². The highest BCUT2D eigenvalue weighted by Gasteiger charge is 2.50. The van der Waals surface area contributed by atoms with Gasteiger partial charge < -0.3 is 39.0 Å². The Hall–Kier alpha value is -5.66. The molecule has 85 heavy (non-hydrogen) atoms. The number of aliphatic hydroxyl groups is 2. The van der Waals surface area contributed by atoms with Crippen molar-refractivity contribution in [2.75, 3.05) is 13.2 Å². The SMILES string of the molecule is CC/C=C\C/C=C\C/C=C\C/C=C\C/C=C\C/C=C\CCC(=O)OCC(COC1OC(C(=O)O)C(O)C(O)C1OC(=O)CCC/C=C\C/C=C\C/C=C\C/C=C\C/C=C\CC)OC(=O)CCCCCCCCCCC/C=C\C/C=C\CCCCC. The van der Waals surface area contributed by atoms with E-state index >= 15 is 0 Å². The number of carbonyl (C=O) groups excluding carboxylic acids is 3. The number of carboxylic acids is 1. The van der Waals surface area contributed by atoms with Crippen LogP contribution in [0.25, 0.3) is 0 Å². The monoisotopic (exact) mass is 1180 g/mol. The molecule has 1 fully saturated rings. The van der Waals surface area contributed by atoms with Gasteiger partial charge in [-0.05, 0) is 128 Å². The summed E-state index contributed by atoms with van der Waals surface area (Å²) in [4.78, 5) is 51.3. The minimum atomic E-state index is -1.94. The molecule has 0 aromatic rings. The summed E-state index contributed by atoms with van der Waals surface area (Å²) in [7, 11) is 0. The van der Waals surface area contributed by atoms with Gasteiger partial charge in [-0.3, -0.25) is 14.4 Å². The molecule has 0 aromatic heterocycles. The molecule has 0 spiro atoms. The lowest BCUT2D eigenvalue weighted by molar-refractivity contribution is -0.301. The van der Waals surface area contributed by atoms with E-state index in [2.05, 4.69) is 154 Å². The maximum Gasteiger partial charge on any atom is 0.335 e. The van der Waals surface area contributed by atoms with E-state index in [0.29, 0.717) is 32.1 Å². The fourth-order valence-electron chi connectivity index (χ4n) is 8.69. The predicted molar refractivity (Wildman–Crippen MR) is 349 cm³/mol. The molecule has 0 amide bonds. The van der Waals surface area contributed by atoms with Gasteiger partial charge in [0, 0.05) is 19.3 Å². The summed E-state index contributed by atoms with van der Waals surface area (Å²) in [5.41, 5.74) is 0. The fourth-order valence-corrected chi connectivity index (χ4v) is 8.69. The van der Waals surface area contributed by atoms with Crippen LogP contribution in [0.2, 0.25) is 0 Å². The Labute approximate surface area is 514 Å². The molecule has 1 rings (SSSR count). The Balaban J connectivity index is 2.76. The van der Waals surface area contributed by atoms with Crippen LogP contribution in [0.1, 0.15) is 226 Å². The van der Waals surface area contributed by atoms with Crippen LogP contribution in [0.3, 0.4) is 0 Å². The van der Waals surface area contributed by atoms with Crippen molar-refractivity contribution in [2.24, 2.45) is 0 Å². The molecule has 0 aromatic carbocycles. The molecule has 12 nitrogen and oxygen atoms in total. The second-order valence-corrected chi connectivity index (χ2v) is 21.3. The van der Waals surface area contributed by atoms with Crippen molar-refractivity contribution in [1.82, 2.24) is 0 Å². The van der Waals surface area contributed by atoms with Crippen LogP contribution >= 0.6 is 0 Å². The highest BCUT2D eigenvalue weighted by molar-refractivity contribution is 5.74. The first kappa shape index (κ1) is 77.4. The summed E-state index contributed by atoms with van der Waals surface area (Å²) in [6, 6.07) is 0. The molecule has 3 N–H and O–H groups in total. The Morgan fingerprint density at radius 3 is 1.21 bits per heavy atom. The number of hydrogen-bond acceptors (Lipinski definition) is 11. The normalized spacial score (nSPS) is 18.5.